The number of thioether (sulfide) groups is 1. The molecule has 2 unspecified atom stereocenters. The number of hydrogen-bond donors (Lipinski definition) is 1. The minimum absolute atomic E-state index is 0.555. The standard InChI is InChI=1S/C14H21NS/c1-3-15-14(13-7-8-16-10-13)12-6-4-5-11(2)9-12/h4-6,9,13-15H,3,7-8,10H2,1-2H3. The summed E-state index contributed by atoms with van der Waals surface area (Å²) >= 11 is 2.10. The van der Waals surface area contributed by atoms with Crippen molar-refractivity contribution in [2.75, 3.05) is 18.1 Å². The molecule has 0 aromatic heterocycles. The van der Waals surface area contributed by atoms with Gasteiger partial charge in [-0.3, -0.25) is 0 Å². The Labute approximate surface area is 103 Å². The second kappa shape index (κ2) is 5.74. The largest absolute Gasteiger partial charge is 0.310 e. The molecular weight excluding hydrogens is 214 g/mol. The van der Waals surface area contributed by atoms with Crippen molar-refractivity contribution in [2.24, 2.45) is 5.92 Å². The molecule has 0 saturated carbocycles. The molecular formula is C14H21NS. The summed E-state index contributed by atoms with van der Waals surface area (Å²) in [7, 11) is 0. The van der Waals surface area contributed by atoms with Crippen molar-refractivity contribution >= 4 is 11.8 Å². The van der Waals surface area contributed by atoms with E-state index in [9.17, 15) is 0 Å². The third kappa shape index (κ3) is 2.80. The van der Waals surface area contributed by atoms with E-state index >= 15 is 0 Å². The molecule has 0 bridgehead atoms. The van der Waals surface area contributed by atoms with Crippen LogP contribution in [0.1, 0.15) is 30.5 Å². The summed E-state index contributed by atoms with van der Waals surface area (Å²) in [6, 6.07) is 9.51. The third-order valence-electron chi connectivity index (χ3n) is 3.26. The van der Waals surface area contributed by atoms with E-state index in [1.165, 1.54) is 29.1 Å². The van der Waals surface area contributed by atoms with E-state index in [2.05, 4.69) is 55.2 Å². The third-order valence-corrected chi connectivity index (χ3v) is 4.45. The van der Waals surface area contributed by atoms with Gasteiger partial charge in [0, 0.05) is 6.04 Å². The van der Waals surface area contributed by atoms with Crippen LogP contribution in [-0.4, -0.2) is 18.1 Å². The second-order valence-electron chi connectivity index (χ2n) is 4.57. The molecule has 0 amide bonds. The molecule has 1 aromatic carbocycles. The van der Waals surface area contributed by atoms with Crippen LogP contribution in [0.3, 0.4) is 0 Å². The lowest BCUT2D eigenvalue weighted by atomic mass is 9.91. The van der Waals surface area contributed by atoms with E-state index < -0.39 is 0 Å². The number of aryl methyl sites for hydroxylation is 1. The van der Waals surface area contributed by atoms with Crippen molar-refractivity contribution in [2.45, 2.75) is 26.3 Å². The van der Waals surface area contributed by atoms with Gasteiger partial charge in [0.15, 0.2) is 0 Å². The fraction of sp³-hybridized carbons (Fsp3) is 0.571. The normalized spacial score (nSPS) is 22.2. The predicted molar refractivity (Wildman–Crippen MR) is 73.0 cm³/mol. The molecule has 1 nitrogen and oxygen atoms in total. The maximum atomic E-state index is 3.65. The first kappa shape index (κ1) is 12.0. The number of hydrogen-bond acceptors (Lipinski definition) is 2. The molecule has 1 fully saturated rings. The summed E-state index contributed by atoms with van der Waals surface area (Å²) in [5.74, 6) is 3.45. The van der Waals surface area contributed by atoms with Gasteiger partial charge in [-0.1, -0.05) is 36.8 Å². The number of benzene rings is 1. The fourth-order valence-corrected chi connectivity index (χ4v) is 3.75. The zero-order chi connectivity index (χ0) is 11.4. The van der Waals surface area contributed by atoms with Gasteiger partial charge >= 0.3 is 0 Å². The Morgan fingerprint density at radius 1 is 1.50 bits per heavy atom. The van der Waals surface area contributed by atoms with Crippen molar-refractivity contribution in [3.63, 3.8) is 0 Å². The van der Waals surface area contributed by atoms with Gasteiger partial charge in [-0.15, -0.1) is 0 Å². The summed E-state index contributed by atoms with van der Waals surface area (Å²) in [6.45, 7) is 5.43. The van der Waals surface area contributed by atoms with E-state index in [0.29, 0.717) is 6.04 Å². The van der Waals surface area contributed by atoms with Crippen LogP contribution in [0.15, 0.2) is 24.3 Å². The van der Waals surface area contributed by atoms with Crippen LogP contribution in [0, 0.1) is 12.8 Å². The Balaban J connectivity index is 2.17. The molecule has 1 N–H and O–H groups in total. The monoisotopic (exact) mass is 235 g/mol. The SMILES string of the molecule is CCNC(c1cccc(C)c1)C1CCSC1. The van der Waals surface area contributed by atoms with Crippen molar-refractivity contribution in [1.82, 2.24) is 5.32 Å². The first-order valence-corrected chi connectivity index (χ1v) is 7.34. The molecule has 0 spiro atoms. The lowest BCUT2D eigenvalue weighted by Crippen LogP contribution is -2.28. The molecule has 2 rings (SSSR count). The lowest BCUT2D eigenvalue weighted by molar-refractivity contribution is 0.401. The van der Waals surface area contributed by atoms with Gasteiger partial charge in [0.2, 0.25) is 0 Å². The Hall–Kier alpha value is -0.470. The van der Waals surface area contributed by atoms with Gasteiger partial charge in [-0.25, -0.2) is 0 Å². The quantitative estimate of drug-likeness (QED) is 0.858. The van der Waals surface area contributed by atoms with E-state index in [1.807, 2.05) is 0 Å². The smallest absolute Gasteiger partial charge is 0.0356 e. The van der Waals surface area contributed by atoms with Gasteiger partial charge in [0.1, 0.15) is 0 Å². The van der Waals surface area contributed by atoms with Crippen LogP contribution in [0.4, 0.5) is 0 Å². The van der Waals surface area contributed by atoms with Crippen LogP contribution < -0.4 is 5.32 Å². The van der Waals surface area contributed by atoms with Crippen LogP contribution in [0.2, 0.25) is 0 Å². The van der Waals surface area contributed by atoms with Gasteiger partial charge < -0.3 is 5.32 Å². The van der Waals surface area contributed by atoms with E-state index in [1.54, 1.807) is 0 Å². The van der Waals surface area contributed by atoms with Crippen LogP contribution in [-0.2, 0) is 0 Å². The van der Waals surface area contributed by atoms with Crippen molar-refractivity contribution in [3.05, 3.63) is 35.4 Å². The molecule has 2 atom stereocenters. The lowest BCUT2D eigenvalue weighted by Gasteiger charge is -2.24. The molecule has 1 aliphatic heterocycles. The Morgan fingerprint density at radius 3 is 3.00 bits per heavy atom. The Bertz CT molecular complexity index is 331. The average Bonchev–Trinajstić information content (AvgIpc) is 2.79. The summed E-state index contributed by atoms with van der Waals surface area (Å²) in [4.78, 5) is 0. The fourth-order valence-electron chi connectivity index (χ4n) is 2.46. The van der Waals surface area contributed by atoms with Crippen molar-refractivity contribution < 1.29 is 0 Å². The average molecular weight is 235 g/mol. The van der Waals surface area contributed by atoms with Gasteiger partial charge in [0.25, 0.3) is 0 Å². The van der Waals surface area contributed by atoms with Crippen LogP contribution >= 0.6 is 11.8 Å². The van der Waals surface area contributed by atoms with Crippen molar-refractivity contribution in [1.29, 1.82) is 0 Å². The second-order valence-corrected chi connectivity index (χ2v) is 5.72. The minimum atomic E-state index is 0.555. The van der Waals surface area contributed by atoms with Gasteiger partial charge in [0.05, 0.1) is 0 Å². The highest BCUT2D eigenvalue weighted by Gasteiger charge is 2.25. The molecule has 1 heterocycles. The maximum absolute atomic E-state index is 3.65. The highest BCUT2D eigenvalue weighted by atomic mass is 32.2. The van der Waals surface area contributed by atoms with Crippen molar-refractivity contribution in [3.8, 4) is 0 Å². The first-order chi connectivity index (χ1) is 7.81. The molecule has 1 saturated heterocycles. The maximum Gasteiger partial charge on any atom is 0.0356 e. The zero-order valence-electron chi connectivity index (χ0n) is 10.2. The van der Waals surface area contributed by atoms with Crippen LogP contribution in [0.25, 0.3) is 0 Å². The molecule has 0 radical (unpaired) electrons. The number of rotatable bonds is 4. The van der Waals surface area contributed by atoms with Gasteiger partial charge in [-0.05, 0) is 42.9 Å². The number of nitrogens with one attached hydrogen (secondary N) is 1. The minimum Gasteiger partial charge on any atom is -0.310 e. The van der Waals surface area contributed by atoms with E-state index in [4.69, 9.17) is 0 Å². The van der Waals surface area contributed by atoms with Gasteiger partial charge in [-0.2, -0.15) is 11.8 Å². The molecule has 2 heteroatoms. The summed E-state index contributed by atoms with van der Waals surface area (Å²) in [5, 5.41) is 3.65. The summed E-state index contributed by atoms with van der Waals surface area (Å²) in [6.07, 6.45) is 1.36. The Kier molecular flexibility index (Phi) is 4.30. The summed E-state index contributed by atoms with van der Waals surface area (Å²) in [5.41, 5.74) is 2.83. The molecule has 16 heavy (non-hydrogen) atoms. The molecule has 1 aromatic rings. The highest BCUT2D eigenvalue weighted by Crippen LogP contribution is 2.34. The molecule has 88 valence electrons. The van der Waals surface area contributed by atoms with E-state index in [0.717, 1.165) is 12.5 Å². The molecule has 0 aliphatic carbocycles. The summed E-state index contributed by atoms with van der Waals surface area (Å²) < 4.78 is 0. The first-order valence-electron chi connectivity index (χ1n) is 6.19. The van der Waals surface area contributed by atoms with Crippen LogP contribution in [0.5, 0.6) is 0 Å². The highest BCUT2D eigenvalue weighted by molar-refractivity contribution is 7.99. The van der Waals surface area contributed by atoms with E-state index in [-0.39, 0.29) is 0 Å². The molecule has 1 aliphatic rings. The zero-order valence-corrected chi connectivity index (χ0v) is 11.0. The topological polar surface area (TPSA) is 12.0 Å². The predicted octanol–water partition coefficient (Wildman–Crippen LogP) is 3.40. The Morgan fingerprint density at radius 2 is 2.38 bits per heavy atom.